The Labute approximate surface area is 160 Å². The predicted molar refractivity (Wildman–Crippen MR) is 111 cm³/mol. The zero-order chi connectivity index (χ0) is 19.2. The van der Waals surface area contributed by atoms with E-state index in [2.05, 4.69) is 20.3 Å². The lowest BCUT2D eigenvalue weighted by molar-refractivity contribution is 0.102. The summed E-state index contributed by atoms with van der Waals surface area (Å²) in [6.07, 6.45) is 5.81. The van der Waals surface area contributed by atoms with E-state index in [9.17, 15) is 4.79 Å². The Morgan fingerprint density at radius 1 is 1.22 bits per heavy atom. The molecule has 0 saturated carbocycles. The van der Waals surface area contributed by atoms with Crippen LogP contribution in [0.3, 0.4) is 0 Å². The summed E-state index contributed by atoms with van der Waals surface area (Å²) in [5.41, 5.74) is 14.8. The largest absolute Gasteiger partial charge is 0.404 e. The molecule has 2 heterocycles. The van der Waals surface area contributed by atoms with Crippen LogP contribution in [0.2, 0.25) is 0 Å². The topological polar surface area (TPSA) is 119 Å². The summed E-state index contributed by atoms with van der Waals surface area (Å²) in [7, 11) is 1.63. The summed E-state index contributed by atoms with van der Waals surface area (Å²) in [6.45, 7) is 0. The van der Waals surface area contributed by atoms with Gasteiger partial charge in [0, 0.05) is 29.9 Å². The zero-order valence-electron chi connectivity index (χ0n) is 14.6. The highest BCUT2D eigenvalue weighted by atomic mass is 32.1. The van der Waals surface area contributed by atoms with Crippen molar-refractivity contribution in [3.63, 3.8) is 0 Å². The first kappa shape index (κ1) is 18.3. The molecule has 7 nitrogen and oxygen atoms in total. The maximum absolute atomic E-state index is 12.5. The Morgan fingerprint density at radius 3 is 2.63 bits per heavy atom. The number of nitrogens with one attached hydrogen (secondary N) is 1. The minimum Gasteiger partial charge on any atom is -0.404 e. The molecule has 2 aromatic heterocycles. The number of thiophene rings is 1. The molecule has 0 fully saturated rings. The molecule has 8 heteroatoms. The van der Waals surface area contributed by atoms with Gasteiger partial charge in [0.25, 0.3) is 5.91 Å². The lowest BCUT2D eigenvalue weighted by Gasteiger charge is -2.10. The van der Waals surface area contributed by atoms with E-state index < -0.39 is 5.91 Å². The highest BCUT2D eigenvalue weighted by Crippen LogP contribution is 2.30. The molecule has 136 valence electrons. The van der Waals surface area contributed by atoms with Crippen molar-refractivity contribution in [2.45, 2.75) is 0 Å². The Bertz CT molecular complexity index is 994. The lowest BCUT2D eigenvalue weighted by Crippen LogP contribution is -2.15. The van der Waals surface area contributed by atoms with Crippen molar-refractivity contribution in [2.75, 3.05) is 18.1 Å². The Hall–Kier alpha value is -3.52. The standard InChI is InChI=1S/C19H18N6OS/c1-22-9-13(8-20)16-10-24-17(11-23-16)19(26)25-15-7-12(4-5-14(15)21)18-3-2-6-27-18/h2-11H,20-21H2,1H3,(H,25,26)/b13-8+,22-9?. The molecule has 0 spiro atoms. The molecular formula is C19H18N6OS. The number of hydrogen-bond acceptors (Lipinski definition) is 7. The number of nitrogens with zero attached hydrogens (tertiary/aromatic N) is 3. The van der Waals surface area contributed by atoms with E-state index >= 15 is 0 Å². The van der Waals surface area contributed by atoms with Crippen molar-refractivity contribution >= 4 is 40.4 Å². The molecule has 3 rings (SSSR count). The van der Waals surface area contributed by atoms with E-state index in [0.29, 0.717) is 22.6 Å². The van der Waals surface area contributed by atoms with Gasteiger partial charge < -0.3 is 16.8 Å². The summed E-state index contributed by atoms with van der Waals surface area (Å²) >= 11 is 1.61. The SMILES string of the molecule is CN=C/C(=C\N)c1cnc(C(=O)Nc2cc(-c3cccs3)ccc2N)cn1. The van der Waals surface area contributed by atoms with Crippen LogP contribution in [0.5, 0.6) is 0 Å². The van der Waals surface area contributed by atoms with Gasteiger partial charge in [0.1, 0.15) is 5.69 Å². The monoisotopic (exact) mass is 378 g/mol. The first-order chi connectivity index (χ1) is 13.1. The summed E-state index contributed by atoms with van der Waals surface area (Å²) in [5, 5.41) is 4.78. The number of benzene rings is 1. The van der Waals surface area contributed by atoms with E-state index in [1.54, 1.807) is 30.7 Å². The van der Waals surface area contributed by atoms with Gasteiger partial charge >= 0.3 is 0 Å². The number of nitrogens with two attached hydrogens (primary N) is 2. The Balaban J connectivity index is 1.80. The van der Waals surface area contributed by atoms with Gasteiger partial charge in [-0.3, -0.25) is 14.8 Å². The molecule has 0 aliphatic heterocycles. The van der Waals surface area contributed by atoms with Gasteiger partial charge in [0.2, 0.25) is 0 Å². The van der Waals surface area contributed by atoms with Crippen LogP contribution in [-0.2, 0) is 0 Å². The quantitative estimate of drug-likeness (QED) is 0.466. The van der Waals surface area contributed by atoms with Crippen molar-refractivity contribution < 1.29 is 4.79 Å². The number of allylic oxidation sites excluding steroid dienone is 1. The normalized spacial score (nSPS) is 11.7. The molecule has 0 aliphatic rings. The Morgan fingerprint density at radius 2 is 2.00 bits per heavy atom. The van der Waals surface area contributed by atoms with Gasteiger partial charge in [-0.25, -0.2) is 4.98 Å². The first-order valence-electron chi connectivity index (χ1n) is 8.03. The second-order valence-electron chi connectivity index (χ2n) is 5.53. The van der Waals surface area contributed by atoms with Gasteiger partial charge in [-0.2, -0.15) is 0 Å². The number of amides is 1. The van der Waals surface area contributed by atoms with Crippen LogP contribution in [0.25, 0.3) is 16.0 Å². The molecule has 1 aromatic carbocycles. The zero-order valence-corrected chi connectivity index (χ0v) is 15.4. The molecule has 1 amide bonds. The number of rotatable bonds is 5. The van der Waals surface area contributed by atoms with Gasteiger partial charge in [-0.05, 0) is 29.1 Å². The van der Waals surface area contributed by atoms with Crippen molar-refractivity contribution in [2.24, 2.45) is 10.7 Å². The fourth-order valence-electron chi connectivity index (χ4n) is 2.37. The van der Waals surface area contributed by atoms with Crippen molar-refractivity contribution in [1.29, 1.82) is 0 Å². The molecule has 0 saturated heterocycles. The molecule has 0 bridgehead atoms. The first-order valence-corrected chi connectivity index (χ1v) is 8.91. The average Bonchev–Trinajstić information content (AvgIpc) is 3.23. The molecule has 27 heavy (non-hydrogen) atoms. The van der Waals surface area contributed by atoms with Gasteiger partial charge in [-0.15, -0.1) is 11.3 Å². The van der Waals surface area contributed by atoms with E-state index in [1.165, 1.54) is 18.6 Å². The summed E-state index contributed by atoms with van der Waals surface area (Å²) in [5.74, 6) is -0.397. The van der Waals surface area contributed by atoms with Gasteiger partial charge in [0.05, 0.1) is 29.5 Å². The van der Waals surface area contributed by atoms with E-state index in [4.69, 9.17) is 11.5 Å². The minimum absolute atomic E-state index is 0.171. The maximum atomic E-state index is 12.5. The van der Waals surface area contributed by atoms with Crippen LogP contribution in [0.4, 0.5) is 11.4 Å². The van der Waals surface area contributed by atoms with Crippen LogP contribution in [0.1, 0.15) is 16.2 Å². The third-order valence-corrected chi connectivity index (χ3v) is 4.65. The number of aromatic nitrogens is 2. The minimum atomic E-state index is -0.397. The second kappa shape index (κ2) is 8.24. The van der Waals surface area contributed by atoms with E-state index in [1.807, 2.05) is 29.6 Å². The number of carbonyl (C=O) groups is 1. The predicted octanol–water partition coefficient (Wildman–Crippen LogP) is 3.04. The highest BCUT2D eigenvalue weighted by Gasteiger charge is 2.12. The van der Waals surface area contributed by atoms with Gasteiger partial charge in [0.15, 0.2) is 0 Å². The molecular weight excluding hydrogens is 360 g/mol. The maximum Gasteiger partial charge on any atom is 0.275 e. The number of hydrogen-bond donors (Lipinski definition) is 3. The molecule has 0 radical (unpaired) electrons. The number of carbonyl (C=O) groups excluding carboxylic acids is 1. The molecule has 0 unspecified atom stereocenters. The van der Waals surface area contributed by atoms with Crippen LogP contribution >= 0.6 is 11.3 Å². The van der Waals surface area contributed by atoms with Crippen LogP contribution in [0, 0.1) is 0 Å². The van der Waals surface area contributed by atoms with Gasteiger partial charge in [-0.1, -0.05) is 12.1 Å². The third kappa shape index (κ3) is 4.18. The smallest absolute Gasteiger partial charge is 0.275 e. The molecule has 5 N–H and O–H groups in total. The van der Waals surface area contributed by atoms with Crippen molar-refractivity contribution in [1.82, 2.24) is 9.97 Å². The average molecular weight is 378 g/mol. The Kier molecular flexibility index (Phi) is 5.58. The number of nitrogen functional groups attached to an aromatic ring is 1. The fourth-order valence-corrected chi connectivity index (χ4v) is 3.10. The van der Waals surface area contributed by atoms with E-state index in [0.717, 1.165) is 10.4 Å². The lowest BCUT2D eigenvalue weighted by atomic mass is 10.1. The van der Waals surface area contributed by atoms with Crippen molar-refractivity contribution in [3.05, 3.63) is 65.7 Å². The van der Waals surface area contributed by atoms with Crippen molar-refractivity contribution in [3.8, 4) is 10.4 Å². The van der Waals surface area contributed by atoms with Crippen LogP contribution in [-0.4, -0.2) is 29.1 Å². The molecule has 0 aliphatic carbocycles. The number of anilines is 2. The number of aliphatic imine (C=N–C) groups is 1. The summed E-state index contributed by atoms with van der Waals surface area (Å²) < 4.78 is 0. The van der Waals surface area contributed by atoms with Crippen LogP contribution < -0.4 is 16.8 Å². The third-order valence-electron chi connectivity index (χ3n) is 3.74. The summed E-state index contributed by atoms with van der Waals surface area (Å²) in [6, 6.07) is 9.50. The molecule has 0 atom stereocenters. The summed E-state index contributed by atoms with van der Waals surface area (Å²) in [4.78, 5) is 25.9. The fraction of sp³-hybridized carbons (Fsp3) is 0.0526. The second-order valence-corrected chi connectivity index (χ2v) is 6.48. The van der Waals surface area contributed by atoms with Crippen LogP contribution in [0.15, 0.2) is 59.3 Å². The van der Waals surface area contributed by atoms with E-state index in [-0.39, 0.29) is 5.69 Å². The molecule has 3 aromatic rings. The highest BCUT2D eigenvalue weighted by molar-refractivity contribution is 7.13.